The molecule has 3 heterocycles. The first-order valence-electron chi connectivity index (χ1n) is 14.9. The molecule has 5 aromatic rings. The quantitative estimate of drug-likeness (QED) is 0.260. The summed E-state index contributed by atoms with van der Waals surface area (Å²) in [5.41, 5.74) is 7.00. The first-order chi connectivity index (χ1) is 20.1. The van der Waals surface area contributed by atoms with Gasteiger partial charge in [-0.1, -0.05) is 72.8 Å². The Balaban J connectivity index is 1.36. The highest BCUT2D eigenvalue weighted by molar-refractivity contribution is 6.08. The Morgan fingerprint density at radius 1 is 0.732 bits per heavy atom. The smallest absolute Gasteiger partial charge is 0.254 e. The Hall–Kier alpha value is -3.93. The summed E-state index contributed by atoms with van der Waals surface area (Å²) < 4.78 is 2.28. The summed E-state index contributed by atoms with van der Waals surface area (Å²) in [5, 5.41) is 2.52. The lowest BCUT2D eigenvalue weighted by atomic mass is 9.79. The number of piperazine rings is 1. The number of carbonyl (C=O) groups excluding carboxylic acids is 1. The van der Waals surface area contributed by atoms with Crippen LogP contribution in [0.2, 0.25) is 0 Å². The SMILES string of the molecule is CN1CCN(C[C@@H]2c3ccccc3C(=O)N(CCc3ccccc3)[C@H]2c2ccc3c(c2)c2ccccc2n3C)CC1. The average Bonchev–Trinajstić information content (AvgIpc) is 3.30. The number of nitrogens with zero attached hydrogens (tertiary/aromatic N) is 4. The summed E-state index contributed by atoms with van der Waals surface area (Å²) in [4.78, 5) is 21.5. The highest BCUT2D eigenvalue weighted by atomic mass is 16.2. The van der Waals surface area contributed by atoms with Crippen molar-refractivity contribution in [2.24, 2.45) is 7.05 Å². The number of amides is 1. The molecule has 41 heavy (non-hydrogen) atoms. The number of benzene rings is 4. The molecule has 4 aromatic carbocycles. The van der Waals surface area contributed by atoms with Gasteiger partial charge in [-0.2, -0.15) is 0 Å². The lowest BCUT2D eigenvalue weighted by Gasteiger charge is -2.45. The highest BCUT2D eigenvalue weighted by Gasteiger charge is 2.41. The van der Waals surface area contributed by atoms with Gasteiger partial charge < -0.3 is 19.3 Å². The van der Waals surface area contributed by atoms with Crippen LogP contribution in [0.4, 0.5) is 0 Å². The van der Waals surface area contributed by atoms with Crippen molar-refractivity contribution in [3.8, 4) is 0 Å². The van der Waals surface area contributed by atoms with Crippen molar-refractivity contribution in [1.82, 2.24) is 19.3 Å². The van der Waals surface area contributed by atoms with Crippen LogP contribution in [-0.4, -0.2) is 71.5 Å². The Morgan fingerprint density at radius 2 is 1.44 bits per heavy atom. The van der Waals surface area contributed by atoms with Crippen LogP contribution < -0.4 is 0 Å². The molecule has 2 aliphatic rings. The molecule has 2 aliphatic heterocycles. The normalized spacial score (nSPS) is 20.1. The fourth-order valence-electron chi connectivity index (χ4n) is 7.11. The van der Waals surface area contributed by atoms with E-state index in [0.717, 1.165) is 44.7 Å². The molecule has 0 bridgehead atoms. The maximum absolute atomic E-state index is 14.3. The zero-order chi connectivity index (χ0) is 27.9. The Morgan fingerprint density at radius 3 is 2.27 bits per heavy atom. The number of aromatic nitrogens is 1. The molecule has 0 unspecified atom stereocenters. The molecule has 0 radical (unpaired) electrons. The van der Waals surface area contributed by atoms with E-state index in [1.54, 1.807) is 0 Å². The van der Waals surface area contributed by atoms with E-state index in [9.17, 15) is 4.79 Å². The zero-order valence-electron chi connectivity index (χ0n) is 24.0. The third-order valence-corrected chi connectivity index (χ3v) is 9.38. The van der Waals surface area contributed by atoms with Crippen LogP contribution in [-0.2, 0) is 13.5 Å². The summed E-state index contributed by atoms with van der Waals surface area (Å²) >= 11 is 0. The Bertz CT molecular complexity index is 1700. The molecule has 208 valence electrons. The molecule has 0 saturated carbocycles. The van der Waals surface area contributed by atoms with Crippen molar-refractivity contribution >= 4 is 27.7 Å². The van der Waals surface area contributed by atoms with Gasteiger partial charge in [-0.25, -0.2) is 0 Å². The minimum atomic E-state index is -0.0378. The number of hydrogen-bond acceptors (Lipinski definition) is 3. The number of carbonyl (C=O) groups is 1. The fraction of sp³-hybridized carbons (Fsp3) is 0.306. The van der Waals surface area contributed by atoms with E-state index in [0.29, 0.717) is 6.54 Å². The monoisotopic (exact) mass is 542 g/mol. The van der Waals surface area contributed by atoms with Gasteiger partial charge in [-0.3, -0.25) is 4.79 Å². The maximum Gasteiger partial charge on any atom is 0.254 e. The molecular formula is C36H38N4O. The van der Waals surface area contributed by atoms with Crippen LogP contribution in [0.3, 0.4) is 0 Å². The third-order valence-electron chi connectivity index (χ3n) is 9.38. The molecule has 0 N–H and O–H groups in total. The van der Waals surface area contributed by atoms with Crippen molar-refractivity contribution in [1.29, 1.82) is 0 Å². The summed E-state index contributed by atoms with van der Waals surface area (Å²) in [5.74, 6) is 0.338. The van der Waals surface area contributed by atoms with E-state index in [-0.39, 0.29) is 17.9 Å². The van der Waals surface area contributed by atoms with Gasteiger partial charge in [0.15, 0.2) is 0 Å². The number of likely N-dealkylation sites (N-methyl/N-ethyl adjacent to an activating group) is 1. The van der Waals surface area contributed by atoms with Crippen molar-refractivity contribution in [3.63, 3.8) is 0 Å². The second kappa shape index (κ2) is 10.8. The molecule has 5 nitrogen and oxygen atoms in total. The maximum atomic E-state index is 14.3. The van der Waals surface area contributed by atoms with Crippen LogP contribution >= 0.6 is 0 Å². The zero-order valence-corrected chi connectivity index (χ0v) is 24.0. The van der Waals surface area contributed by atoms with E-state index in [1.807, 2.05) is 12.1 Å². The molecule has 7 rings (SSSR count). The van der Waals surface area contributed by atoms with E-state index < -0.39 is 0 Å². The molecule has 1 aromatic heterocycles. The van der Waals surface area contributed by atoms with Gasteiger partial charge >= 0.3 is 0 Å². The molecule has 0 spiro atoms. The lowest BCUT2D eigenvalue weighted by molar-refractivity contribution is 0.0559. The average molecular weight is 543 g/mol. The predicted molar refractivity (Wildman–Crippen MR) is 167 cm³/mol. The number of hydrogen-bond donors (Lipinski definition) is 0. The van der Waals surface area contributed by atoms with Crippen LogP contribution in [0.25, 0.3) is 21.8 Å². The topological polar surface area (TPSA) is 31.7 Å². The van der Waals surface area contributed by atoms with Gasteiger partial charge in [0.2, 0.25) is 0 Å². The fourth-order valence-corrected chi connectivity index (χ4v) is 7.11. The molecule has 5 heteroatoms. The number of aryl methyl sites for hydroxylation is 1. The molecular weight excluding hydrogens is 504 g/mol. The van der Waals surface area contributed by atoms with Gasteiger partial charge in [0, 0.05) is 79.6 Å². The Kier molecular flexibility index (Phi) is 6.85. The second-order valence-electron chi connectivity index (χ2n) is 11.8. The second-order valence-corrected chi connectivity index (χ2v) is 11.8. The number of para-hydroxylation sites is 1. The minimum Gasteiger partial charge on any atom is -0.344 e. The lowest BCUT2D eigenvalue weighted by Crippen LogP contribution is -2.50. The van der Waals surface area contributed by atoms with Crippen LogP contribution in [0, 0.1) is 0 Å². The summed E-state index contributed by atoms with van der Waals surface area (Å²) in [6, 6.07) is 34.4. The van der Waals surface area contributed by atoms with Crippen LogP contribution in [0.1, 0.15) is 39.0 Å². The van der Waals surface area contributed by atoms with Crippen LogP contribution in [0.5, 0.6) is 0 Å². The largest absolute Gasteiger partial charge is 0.344 e. The third kappa shape index (κ3) is 4.73. The highest BCUT2D eigenvalue weighted by Crippen LogP contribution is 2.44. The van der Waals surface area contributed by atoms with Gasteiger partial charge in [0.25, 0.3) is 5.91 Å². The van der Waals surface area contributed by atoms with E-state index in [2.05, 4.69) is 118 Å². The number of rotatable bonds is 6. The molecule has 2 atom stereocenters. The number of fused-ring (bicyclic) bond motifs is 4. The first kappa shape index (κ1) is 26.0. The van der Waals surface area contributed by atoms with Gasteiger partial charge in [-0.05, 0) is 54.4 Å². The summed E-state index contributed by atoms with van der Waals surface area (Å²) in [6.45, 7) is 5.91. The van der Waals surface area contributed by atoms with Crippen LogP contribution in [0.15, 0.2) is 97.1 Å². The summed E-state index contributed by atoms with van der Waals surface area (Å²) in [6.07, 6.45) is 0.836. The van der Waals surface area contributed by atoms with Crippen molar-refractivity contribution in [2.75, 3.05) is 46.3 Å². The first-order valence-corrected chi connectivity index (χ1v) is 14.9. The summed E-state index contributed by atoms with van der Waals surface area (Å²) in [7, 11) is 4.35. The van der Waals surface area contributed by atoms with Crippen molar-refractivity contribution < 1.29 is 4.79 Å². The van der Waals surface area contributed by atoms with Gasteiger partial charge in [0.1, 0.15) is 0 Å². The minimum absolute atomic E-state index is 0.0378. The van der Waals surface area contributed by atoms with Crippen molar-refractivity contribution in [2.45, 2.75) is 18.4 Å². The van der Waals surface area contributed by atoms with Gasteiger partial charge in [-0.15, -0.1) is 0 Å². The van der Waals surface area contributed by atoms with E-state index in [1.165, 1.54) is 38.5 Å². The Labute approximate surface area is 242 Å². The van der Waals surface area contributed by atoms with Gasteiger partial charge in [0.05, 0.1) is 6.04 Å². The van der Waals surface area contributed by atoms with E-state index in [4.69, 9.17) is 0 Å². The van der Waals surface area contributed by atoms with Crippen molar-refractivity contribution in [3.05, 3.63) is 119 Å². The van der Waals surface area contributed by atoms with E-state index >= 15 is 0 Å². The molecule has 1 saturated heterocycles. The standard InChI is InChI=1S/C36H38N4O/c1-37-20-22-39(23-21-37)25-32-28-12-6-7-14-30(28)36(41)40(19-18-26-10-4-3-5-11-26)35(32)27-16-17-34-31(24-27)29-13-8-9-15-33(29)38(34)2/h3-17,24,32,35H,18-23,25H2,1-2H3/t32-,35+/m1/s1. The predicted octanol–water partition coefficient (Wildman–Crippen LogP) is 6.10. The molecule has 1 fully saturated rings. The molecule has 1 amide bonds. The molecule has 0 aliphatic carbocycles.